The Morgan fingerprint density at radius 3 is 2.27 bits per heavy atom. The van der Waals surface area contributed by atoms with Gasteiger partial charge in [0.25, 0.3) is 0 Å². The number of nitrogens with zero attached hydrogens (tertiary/aromatic N) is 4. The third-order valence-electron chi connectivity index (χ3n) is 8.96. The lowest BCUT2D eigenvalue weighted by Crippen LogP contribution is -2.48. The van der Waals surface area contributed by atoms with Gasteiger partial charge in [-0.05, 0) is 74.1 Å². The zero-order valence-corrected chi connectivity index (χ0v) is 22.6. The molecule has 8 heteroatoms. The predicted molar refractivity (Wildman–Crippen MR) is 157 cm³/mol. The third kappa shape index (κ3) is 4.27. The van der Waals surface area contributed by atoms with E-state index in [1.165, 1.54) is 0 Å². The molecule has 2 fully saturated rings. The summed E-state index contributed by atoms with van der Waals surface area (Å²) in [4.78, 5) is 23.9. The van der Waals surface area contributed by atoms with Gasteiger partial charge in [-0.15, -0.1) is 0 Å². The van der Waals surface area contributed by atoms with Crippen molar-refractivity contribution in [3.05, 3.63) is 109 Å². The summed E-state index contributed by atoms with van der Waals surface area (Å²) in [7, 11) is 0. The fourth-order valence-corrected chi connectivity index (χ4v) is 6.99. The summed E-state index contributed by atoms with van der Waals surface area (Å²) in [6.07, 6.45) is 6.87. The zero-order chi connectivity index (χ0) is 28.0. The van der Waals surface area contributed by atoms with Crippen LogP contribution in [-0.2, 0) is 12.0 Å². The third-order valence-corrected chi connectivity index (χ3v) is 8.96. The number of benzene rings is 3. The lowest BCUT2D eigenvalue weighted by Gasteiger charge is -2.38. The fraction of sp³-hybridized carbons (Fsp3) is 0.242. The average Bonchev–Trinajstić information content (AvgIpc) is 3.69. The Balaban J connectivity index is 1.24. The lowest BCUT2D eigenvalue weighted by atomic mass is 9.83. The number of hydrogen-bond acceptors (Lipinski definition) is 5. The molecule has 0 spiro atoms. The maximum absolute atomic E-state index is 12.6. The molecule has 2 aromatic heterocycles. The van der Waals surface area contributed by atoms with E-state index in [1.54, 1.807) is 11.1 Å². The van der Waals surface area contributed by atoms with Crippen LogP contribution in [0.25, 0.3) is 16.8 Å². The summed E-state index contributed by atoms with van der Waals surface area (Å²) in [6.45, 7) is 0.383. The van der Waals surface area contributed by atoms with E-state index in [0.717, 1.165) is 71.8 Å². The molecule has 2 heterocycles. The topological polar surface area (TPSA) is 106 Å². The van der Waals surface area contributed by atoms with Gasteiger partial charge >= 0.3 is 6.09 Å². The molecule has 206 valence electrons. The van der Waals surface area contributed by atoms with Gasteiger partial charge in [-0.3, -0.25) is 9.30 Å². The van der Waals surface area contributed by atoms with Crippen LogP contribution in [0.2, 0.25) is 0 Å². The van der Waals surface area contributed by atoms with E-state index in [9.17, 15) is 9.90 Å². The predicted octanol–water partition coefficient (Wildman–Crippen LogP) is 6.91. The summed E-state index contributed by atoms with van der Waals surface area (Å²) in [5, 5.41) is 10.3. The number of hydrogen-bond donors (Lipinski definition) is 2. The standard InChI is InChI=1S/C33H31N5O3/c34-29-28-27(24-11-13-26(14-12-24)41-25-9-5-2-6-10-25)36-30(37(28)20-19-35-29)32-15-17-33(22-32,18-16-32)38(31(39)40)21-23-7-3-1-4-8-23/h1-14,19-20H,15-18,21-22H2,(H2,34,35)(H,39,40). The maximum Gasteiger partial charge on any atom is 0.408 e. The van der Waals surface area contributed by atoms with Gasteiger partial charge in [0, 0.05) is 35.5 Å². The first-order valence-electron chi connectivity index (χ1n) is 14.0. The molecule has 2 aliphatic carbocycles. The molecule has 2 saturated carbocycles. The van der Waals surface area contributed by atoms with Crippen molar-refractivity contribution in [1.29, 1.82) is 0 Å². The first-order chi connectivity index (χ1) is 20.0. The number of para-hydroxylation sites is 1. The number of amides is 1. The van der Waals surface area contributed by atoms with Gasteiger partial charge in [0.15, 0.2) is 0 Å². The highest BCUT2D eigenvalue weighted by Crippen LogP contribution is 2.60. The van der Waals surface area contributed by atoms with E-state index in [-0.39, 0.29) is 5.41 Å². The minimum Gasteiger partial charge on any atom is -0.465 e. The van der Waals surface area contributed by atoms with E-state index in [1.807, 2.05) is 91.1 Å². The van der Waals surface area contributed by atoms with Gasteiger partial charge in [0.1, 0.15) is 34.4 Å². The van der Waals surface area contributed by atoms with Gasteiger partial charge in [-0.25, -0.2) is 14.8 Å². The molecule has 0 saturated heterocycles. The Morgan fingerprint density at radius 2 is 1.59 bits per heavy atom. The molecule has 0 unspecified atom stereocenters. The Hall–Kier alpha value is -4.85. The van der Waals surface area contributed by atoms with Crippen LogP contribution in [0.15, 0.2) is 97.3 Å². The molecule has 1 amide bonds. The minimum atomic E-state index is -0.869. The molecular weight excluding hydrogens is 514 g/mol. The Kier molecular flexibility index (Phi) is 5.92. The van der Waals surface area contributed by atoms with Crippen molar-refractivity contribution in [1.82, 2.24) is 19.3 Å². The van der Waals surface area contributed by atoms with Gasteiger partial charge in [0.05, 0.1) is 0 Å². The van der Waals surface area contributed by atoms with Crippen LogP contribution in [0.5, 0.6) is 11.5 Å². The first-order valence-corrected chi connectivity index (χ1v) is 14.0. The number of ether oxygens (including phenoxy) is 1. The Labute approximate surface area is 238 Å². The molecule has 0 radical (unpaired) electrons. The molecular formula is C33H31N5O3. The highest BCUT2D eigenvalue weighted by atomic mass is 16.5. The number of anilines is 1. The van der Waals surface area contributed by atoms with Crippen molar-refractivity contribution >= 4 is 17.4 Å². The molecule has 5 aromatic rings. The minimum absolute atomic E-state index is 0.240. The van der Waals surface area contributed by atoms with Crippen molar-refractivity contribution in [3.63, 3.8) is 0 Å². The maximum atomic E-state index is 12.6. The molecule has 0 atom stereocenters. The number of rotatable bonds is 7. The van der Waals surface area contributed by atoms with Gasteiger partial charge in [-0.2, -0.15) is 0 Å². The molecule has 41 heavy (non-hydrogen) atoms. The second-order valence-corrected chi connectivity index (χ2v) is 11.3. The van der Waals surface area contributed by atoms with Crippen LogP contribution in [-0.4, -0.2) is 36.0 Å². The second-order valence-electron chi connectivity index (χ2n) is 11.3. The highest BCUT2D eigenvalue weighted by molar-refractivity contribution is 5.85. The van der Waals surface area contributed by atoms with Gasteiger partial charge in [-0.1, -0.05) is 48.5 Å². The highest BCUT2D eigenvalue weighted by Gasteiger charge is 2.60. The SMILES string of the molecule is Nc1nccn2c(C34CCC(N(Cc5ccccc5)C(=O)O)(CC3)C4)nc(-c3ccc(Oc4ccccc4)cc3)c12. The van der Waals surface area contributed by atoms with Gasteiger partial charge in [0.2, 0.25) is 0 Å². The summed E-state index contributed by atoms with van der Waals surface area (Å²) < 4.78 is 8.07. The summed E-state index contributed by atoms with van der Waals surface area (Å²) in [5.74, 6) is 2.86. The summed E-state index contributed by atoms with van der Waals surface area (Å²) in [6, 6.07) is 27.4. The molecule has 2 bridgehead atoms. The van der Waals surface area contributed by atoms with Crippen LogP contribution < -0.4 is 10.5 Å². The van der Waals surface area contributed by atoms with E-state index >= 15 is 0 Å². The fourth-order valence-electron chi connectivity index (χ4n) is 6.99. The van der Waals surface area contributed by atoms with Crippen molar-refractivity contribution in [2.45, 2.75) is 49.6 Å². The quantitative estimate of drug-likeness (QED) is 0.230. The molecule has 2 aliphatic rings. The number of imidazole rings is 1. The number of carbonyl (C=O) groups is 1. The number of nitrogens with two attached hydrogens (primary N) is 1. The van der Waals surface area contributed by atoms with E-state index < -0.39 is 11.6 Å². The second kappa shape index (κ2) is 9.66. The normalized spacial score (nSPS) is 21.3. The van der Waals surface area contributed by atoms with Crippen LogP contribution in [0.4, 0.5) is 10.6 Å². The van der Waals surface area contributed by atoms with E-state index in [4.69, 9.17) is 15.5 Å². The van der Waals surface area contributed by atoms with E-state index in [2.05, 4.69) is 9.38 Å². The van der Waals surface area contributed by atoms with Crippen LogP contribution in [0, 0.1) is 0 Å². The Morgan fingerprint density at radius 1 is 0.927 bits per heavy atom. The van der Waals surface area contributed by atoms with Crippen molar-refractivity contribution in [2.75, 3.05) is 5.73 Å². The lowest BCUT2D eigenvalue weighted by molar-refractivity contribution is 0.0732. The summed E-state index contributed by atoms with van der Waals surface area (Å²) in [5.41, 5.74) is 9.27. The summed E-state index contributed by atoms with van der Waals surface area (Å²) >= 11 is 0. The van der Waals surface area contributed by atoms with Gasteiger partial charge < -0.3 is 15.6 Å². The smallest absolute Gasteiger partial charge is 0.408 e. The average molecular weight is 546 g/mol. The van der Waals surface area contributed by atoms with Crippen LogP contribution in [0.3, 0.4) is 0 Å². The molecule has 7 rings (SSSR count). The van der Waals surface area contributed by atoms with Crippen LogP contribution in [0.1, 0.15) is 43.5 Å². The number of carboxylic acid groups (broad SMARTS) is 1. The molecule has 3 aromatic carbocycles. The monoisotopic (exact) mass is 545 g/mol. The Bertz CT molecular complexity index is 1710. The van der Waals surface area contributed by atoms with Crippen molar-refractivity contribution < 1.29 is 14.6 Å². The van der Waals surface area contributed by atoms with Crippen LogP contribution >= 0.6 is 0 Å². The molecule has 0 aliphatic heterocycles. The number of aromatic nitrogens is 3. The molecule has 8 nitrogen and oxygen atoms in total. The molecule has 3 N–H and O–H groups in total. The van der Waals surface area contributed by atoms with E-state index in [0.29, 0.717) is 12.4 Å². The van der Waals surface area contributed by atoms with Crippen molar-refractivity contribution in [2.24, 2.45) is 0 Å². The van der Waals surface area contributed by atoms with Crippen molar-refractivity contribution in [3.8, 4) is 22.8 Å². The number of fused-ring (bicyclic) bond motifs is 3. The first kappa shape index (κ1) is 25.1. The largest absolute Gasteiger partial charge is 0.465 e. The zero-order valence-electron chi connectivity index (χ0n) is 22.6. The number of nitrogen functional groups attached to an aromatic ring is 1.